The van der Waals surface area contributed by atoms with Crippen LogP contribution in [-0.2, 0) is 0 Å². The third-order valence-corrected chi connectivity index (χ3v) is 5.55. The summed E-state index contributed by atoms with van der Waals surface area (Å²) in [4.78, 5) is 19.6. The average molecular weight is 391 g/mol. The Morgan fingerprint density at radius 3 is 2.79 bits per heavy atom. The van der Waals surface area contributed by atoms with Crippen molar-refractivity contribution >= 4 is 5.91 Å². The first kappa shape index (κ1) is 19.2. The van der Waals surface area contributed by atoms with Gasteiger partial charge in [-0.15, -0.1) is 0 Å². The lowest BCUT2D eigenvalue weighted by Crippen LogP contribution is -2.39. The van der Waals surface area contributed by atoms with Gasteiger partial charge in [0.05, 0.1) is 12.8 Å². The van der Waals surface area contributed by atoms with E-state index in [2.05, 4.69) is 17.3 Å². The number of piperidine rings is 1. The first-order chi connectivity index (χ1) is 14.1. The molecule has 0 aliphatic carbocycles. The lowest BCUT2D eigenvalue weighted by atomic mass is 9.93. The van der Waals surface area contributed by atoms with E-state index < -0.39 is 0 Å². The van der Waals surface area contributed by atoms with E-state index in [1.54, 1.807) is 13.2 Å². The zero-order valence-corrected chi connectivity index (χ0v) is 17.0. The lowest BCUT2D eigenvalue weighted by molar-refractivity contribution is 0.0705. The quantitative estimate of drug-likeness (QED) is 0.660. The van der Waals surface area contributed by atoms with Crippen molar-refractivity contribution in [3.05, 3.63) is 65.3 Å². The Morgan fingerprint density at radius 2 is 2.10 bits per heavy atom. The number of rotatable bonds is 4. The van der Waals surface area contributed by atoms with Crippen LogP contribution in [0.2, 0.25) is 0 Å². The fourth-order valence-corrected chi connectivity index (χ4v) is 4.03. The summed E-state index contributed by atoms with van der Waals surface area (Å²) in [5, 5.41) is 4.02. The molecule has 4 rings (SSSR count). The zero-order chi connectivity index (χ0) is 20.4. The molecule has 1 aliphatic rings. The summed E-state index contributed by atoms with van der Waals surface area (Å²) in [5.74, 6) is 1.77. The number of amides is 1. The first-order valence-electron chi connectivity index (χ1n) is 9.89. The van der Waals surface area contributed by atoms with Gasteiger partial charge in [0, 0.05) is 47.6 Å². The summed E-state index contributed by atoms with van der Waals surface area (Å²) in [6.07, 6.45) is 3.87. The summed E-state index contributed by atoms with van der Waals surface area (Å²) < 4.78 is 10.5. The number of pyridine rings is 1. The normalized spacial score (nSPS) is 16.7. The largest absolute Gasteiger partial charge is 0.497 e. The van der Waals surface area contributed by atoms with Gasteiger partial charge in [-0.25, -0.2) is 0 Å². The van der Waals surface area contributed by atoms with Crippen molar-refractivity contribution in [1.82, 2.24) is 15.0 Å². The zero-order valence-electron chi connectivity index (χ0n) is 17.0. The van der Waals surface area contributed by atoms with Crippen molar-refractivity contribution in [2.45, 2.75) is 32.6 Å². The highest BCUT2D eigenvalue weighted by molar-refractivity contribution is 5.94. The highest BCUT2D eigenvalue weighted by Gasteiger charge is 2.26. The molecule has 3 heterocycles. The summed E-state index contributed by atoms with van der Waals surface area (Å²) in [5.41, 5.74) is 4.55. The van der Waals surface area contributed by atoms with Gasteiger partial charge in [0.1, 0.15) is 11.5 Å². The van der Waals surface area contributed by atoms with Crippen LogP contribution in [-0.4, -0.2) is 41.1 Å². The third-order valence-electron chi connectivity index (χ3n) is 5.55. The van der Waals surface area contributed by atoms with E-state index in [1.807, 2.05) is 43.1 Å². The highest BCUT2D eigenvalue weighted by Crippen LogP contribution is 2.30. The van der Waals surface area contributed by atoms with Crippen LogP contribution in [0.1, 0.15) is 46.3 Å². The van der Waals surface area contributed by atoms with E-state index in [-0.39, 0.29) is 11.8 Å². The van der Waals surface area contributed by atoms with Gasteiger partial charge in [-0.3, -0.25) is 9.78 Å². The molecule has 1 saturated heterocycles. The average Bonchev–Trinajstić information content (AvgIpc) is 3.11. The molecule has 150 valence electrons. The second-order valence-electron chi connectivity index (χ2n) is 7.49. The molecule has 3 aromatic rings. The van der Waals surface area contributed by atoms with Gasteiger partial charge >= 0.3 is 0 Å². The van der Waals surface area contributed by atoms with Gasteiger partial charge in [-0.1, -0.05) is 17.3 Å². The van der Waals surface area contributed by atoms with Crippen LogP contribution in [0.4, 0.5) is 0 Å². The first-order valence-corrected chi connectivity index (χ1v) is 9.89. The summed E-state index contributed by atoms with van der Waals surface area (Å²) in [6, 6.07) is 11.5. The van der Waals surface area contributed by atoms with Crippen molar-refractivity contribution in [3.8, 4) is 16.9 Å². The second kappa shape index (κ2) is 8.07. The van der Waals surface area contributed by atoms with E-state index >= 15 is 0 Å². The standard InChI is InChI=1S/C23H25N3O3/c1-15-22(16(2)29-25-15)18-9-10-21(24-13-18)19-7-5-11-26(14-19)23(27)17-6-4-8-20(12-17)28-3/h4,6,8-10,12-13,19H,5,7,11,14H2,1-3H3/t19-/m1/s1. The topological polar surface area (TPSA) is 68.5 Å². The molecule has 1 aliphatic heterocycles. The van der Waals surface area contributed by atoms with Crippen LogP contribution < -0.4 is 4.74 Å². The molecular weight excluding hydrogens is 366 g/mol. The Morgan fingerprint density at radius 1 is 1.24 bits per heavy atom. The summed E-state index contributed by atoms with van der Waals surface area (Å²) >= 11 is 0. The maximum absolute atomic E-state index is 13.0. The Bertz CT molecular complexity index is 991. The van der Waals surface area contributed by atoms with E-state index in [9.17, 15) is 4.79 Å². The highest BCUT2D eigenvalue weighted by atomic mass is 16.5. The molecule has 2 aromatic heterocycles. The Hall–Kier alpha value is -3.15. The molecule has 0 saturated carbocycles. The van der Waals surface area contributed by atoms with E-state index in [1.165, 1.54) is 0 Å². The molecule has 1 amide bonds. The van der Waals surface area contributed by atoms with Crippen LogP contribution in [0.5, 0.6) is 5.75 Å². The van der Waals surface area contributed by atoms with Gasteiger partial charge in [0.15, 0.2) is 0 Å². The van der Waals surface area contributed by atoms with Crippen LogP contribution in [0.25, 0.3) is 11.1 Å². The molecule has 1 atom stereocenters. The SMILES string of the molecule is COc1cccc(C(=O)N2CCC[C@@H](c3ccc(-c4c(C)noc4C)cn3)C2)c1. The molecule has 0 spiro atoms. The van der Waals surface area contributed by atoms with E-state index in [0.29, 0.717) is 17.9 Å². The lowest BCUT2D eigenvalue weighted by Gasteiger charge is -2.32. The van der Waals surface area contributed by atoms with Crippen LogP contribution in [0.3, 0.4) is 0 Å². The van der Waals surface area contributed by atoms with Crippen molar-refractivity contribution in [2.75, 3.05) is 20.2 Å². The summed E-state index contributed by atoms with van der Waals surface area (Å²) in [6.45, 7) is 5.28. The molecule has 29 heavy (non-hydrogen) atoms. The Labute approximate surface area is 170 Å². The third kappa shape index (κ3) is 3.88. The second-order valence-corrected chi connectivity index (χ2v) is 7.49. The van der Waals surface area contributed by atoms with E-state index in [4.69, 9.17) is 14.2 Å². The molecular formula is C23H25N3O3. The molecule has 1 fully saturated rings. The fraction of sp³-hybridized carbons (Fsp3) is 0.348. The molecule has 0 bridgehead atoms. The van der Waals surface area contributed by atoms with Crippen LogP contribution in [0.15, 0.2) is 47.1 Å². The number of aryl methyl sites for hydroxylation is 2. The maximum atomic E-state index is 13.0. The minimum Gasteiger partial charge on any atom is -0.497 e. The molecule has 0 unspecified atom stereocenters. The maximum Gasteiger partial charge on any atom is 0.254 e. The Balaban J connectivity index is 1.50. The number of hydrogen-bond acceptors (Lipinski definition) is 5. The number of likely N-dealkylation sites (tertiary alicyclic amines) is 1. The minimum atomic E-state index is 0.0425. The number of hydrogen-bond donors (Lipinski definition) is 0. The van der Waals surface area contributed by atoms with E-state index in [0.717, 1.165) is 47.7 Å². The van der Waals surface area contributed by atoms with Crippen molar-refractivity contribution < 1.29 is 14.1 Å². The number of carbonyl (C=O) groups is 1. The van der Waals surface area contributed by atoms with Gasteiger partial charge in [-0.2, -0.15) is 0 Å². The van der Waals surface area contributed by atoms with Crippen LogP contribution in [0, 0.1) is 13.8 Å². The molecule has 6 nitrogen and oxygen atoms in total. The van der Waals surface area contributed by atoms with Gasteiger partial charge in [-0.05, 0) is 51.0 Å². The van der Waals surface area contributed by atoms with Gasteiger partial charge in [0.2, 0.25) is 0 Å². The Kier molecular flexibility index (Phi) is 5.34. The number of benzene rings is 1. The number of aromatic nitrogens is 2. The number of nitrogens with zero attached hydrogens (tertiary/aromatic N) is 3. The predicted molar refractivity (Wildman–Crippen MR) is 110 cm³/mol. The molecule has 1 aromatic carbocycles. The van der Waals surface area contributed by atoms with Crippen molar-refractivity contribution in [2.24, 2.45) is 0 Å². The molecule has 0 N–H and O–H groups in total. The number of carbonyl (C=O) groups excluding carboxylic acids is 1. The number of ether oxygens (including phenoxy) is 1. The predicted octanol–water partition coefficient (Wildman–Crippen LogP) is 4.38. The molecule has 0 radical (unpaired) electrons. The smallest absolute Gasteiger partial charge is 0.254 e. The summed E-state index contributed by atoms with van der Waals surface area (Å²) in [7, 11) is 1.61. The number of methoxy groups -OCH3 is 1. The monoisotopic (exact) mass is 391 g/mol. The fourth-order valence-electron chi connectivity index (χ4n) is 4.03. The van der Waals surface area contributed by atoms with Crippen molar-refractivity contribution in [3.63, 3.8) is 0 Å². The van der Waals surface area contributed by atoms with Gasteiger partial charge in [0.25, 0.3) is 5.91 Å². The van der Waals surface area contributed by atoms with Crippen molar-refractivity contribution in [1.29, 1.82) is 0 Å². The van der Waals surface area contributed by atoms with Crippen LogP contribution >= 0.6 is 0 Å². The van der Waals surface area contributed by atoms with Gasteiger partial charge < -0.3 is 14.2 Å². The minimum absolute atomic E-state index is 0.0425. The molecule has 6 heteroatoms.